The first-order valence-electron chi connectivity index (χ1n) is 35.3. The van der Waals surface area contributed by atoms with E-state index in [4.69, 9.17) is 28.4 Å². The molecule has 14 unspecified atom stereocenters. The van der Waals surface area contributed by atoms with Gasteiger partial charge in [0.25, 0.3) is 0 Å². The number of carbonyl (C=O) groups excluding carboxylic acids is 8. The number of aliphatic hydroxyl groups is 1. The molecule has 0 aromatic heterocycles. The largest absolute Gasteiger partial charge is 0.464 e. The maximum Gasteiger partial charge on any atom is 0.329 e. The smallest absolute Gasteiger partial charge is 0.329 e. The molecule has 1 fully saturated rings. The van der Waals surface area contributed by atoms with Crippen molar-refractivity contribution < 1.29 is 71.9 Å². The molecular formula is C74H130N6O15. The van der Waals surface area contributed by atoms with Crippen LogP contribution in [-0.2, 0) is 73.2 Å². The van der Waals surface area contributed by atoms with Crippen molar-refractivity contribution in [3.63, 3.8) is 0 Å². The highest BCUT2D eigenvalue weighted by atomic mass is 16.7. The highest BCUT2D eigenvalue weighted by molar-refractivity contribution is 5.90. The molecular weight excluding hydrogens is 1210 g/mol. The van der Waals surface area contributed by atoms with Crippen molar-refractivity contribution in [2.24, 2.45) is 58.2 Å². The third-order valence-corrected chi connectivity index (χ3v) is 18.6. The molecule has 1 aromatic carbocycles. The van der Waals surface area contributed by atoms with Crippen molar-refractivity contribution in [1.29, 1.82) is 0 Å². The van der Waals surface area contributed by atoms with E-state index in [9.17, 15) is 43.5 Å². The molecule has 1 aromatic rings. The van der Waals surface area contributed by atoms with E-state index in [1.165, 1.54) is 7.11 Å². The predicted molar refractivity (Wildman–Crippen MR) is 371 cm³/mol. The molecule has 21 heteroatoms. The van der Waals surface area contributed by atoms with Gasteiger partial charge in [0.2, 0.25) is 35.4 Å². The maximum absolute atomic E-state index is 14.7. The van der Waals surface area contributed by atoms with Crippen LogP contribution in [0.2, 0.25) is 0 Å². The topological polar surface area (TPSA) is 267 Å². The minimum absolute atomic E-state index is 0.0472. The molecule has 0 radical (unpaired) electrons. The Morgan fingerprint density at radius 1 is 0.747 bits per heavy atom. The van der Waals surface area contributed by atoms with Gasteiger partial charge < -0.3 is 64.6 Å². The monoisotopic (exact) mass is 1340 g/mol. The summed E-state index contributed by atoms with van der Waals surface area (Å²) in [6.07, 6.45) is 1.73. The number of benzene rings is 1. The first-order chi connectivity index (χ1) is 44.2. The van der Waals surface area contributed by atoms with Crippen LogP contribution < -0.4 is 21.3 Å². The molecule has 5 N–H and O–H groups in total. The van der Waals surface area contributed by atoms with Crippen LogP contribution in [-0.4, -0.2) is 177 Å². The number of nitrogens with zero attached hydrogens (tertiary/aromatic N) is 2. The number of likely N-dealkylation sites (tertiary alicyclic amines) is 1. The van der Waals surface area contributed by atoms with Crippen molar-refractivity contribution in [2.45, 2.75) is 276 Å². The zero-order valence-electron chi connectivity index (χ0n) is 62.8. The van der Waals surface area contributed by atoms with Gasteiger partial charge in [-0.3, -0.25) is 33.6 Å². The summed E-state index contributed by atoms with van der Waals surface area (Å²) >= 11 is 0. The fourth-order valence-electron chi connectivity index (χ4n) is 12.3. The van der Waals surface area contributed by atoms with E-state index >= 15 is 0 Å². The van der Waals surface area contributed by atoms with Crippen LogP contribution in [0.4, 0.5) is 0 Å². The van der Waals surface area contributed by atoms with Gasteiger partial charge in [-0.2, -0.15) is 0 Å². The molecule has 1 saturated heterocycles. The molecule has 21 nitrogen and oxygen atoms in total. The first-order valence-corrected chi connectivity index (χ1v) is 35.3. The van der Waals surface area contributed by atoms with Crippen LogP contribution in [0.5, 0.6) is 0 Å². The molecule has 14 atom stereocenters. The second kappa shape index (κ2) is 41.2. The van der Waals surface area contributed by atoms with Crippen LogP contribution in [0, 0.1) is 58.2 Å². The van der Waals surface area contributed by atoms with Crippen LogP contribution in [0.3, 0.4) is 0 Å². The third kappa shape index (κ3) is 30.2. The molecule has 0 saturated carbocycles. The van der Waals surface area contributed by atoms with Gasteiger partial charge in [-0.25, -0.2) is 4.79 Å². The highest BCUT2D eigenvalue weighted by Crippen LogP contribution is 2.32. The summed E-state index contributed by atoms with van der Waals surface area (Å²) in [5.74, 6) is -3.76. The SMILES string of the molecule is CCC(CCC(=O)NC(C(=O)OCCCNC(=O)C(Cc1ccccc1)NC(=O)C(C)C(OC)C1CCCN1C(=O)CC(OC)C(C(C)CC)N(C)C(=O)C(NC(=O)C(CC(C)C(C)C)C(C)C)C(C)C)C(C)(C)C)CC(=O)OCC(OC(CO)CC(C)(C)C)OC(C)(C)C. The molecule has 0 aliphatic carbocycles. The molecule has 1 heterocycles. The predicted octanol–water partition coefficient (Wildman–Crippen LogP) is 10.0. The number of likely N-dealkylation sites (N-methyl/N-ethyl adjacent to an activating group) is 1. The molecule has 546 valence electrons. The Balaban J connectivity index is 2.15. The zero-order chi connectivity index (χ0) is 72.3. The number of ether oxygens (including phenoxy) is 6. The summed E-state index contributed by atoms with van der Waals surface area (Å²) in [7, 11) is 4.79. The van der Waals surface area contributed by atoms with E-state index in [1.807, 2.05) is 141 Å². The molecule has 95 heavy (non-hydrogen) atoms. The minimum Gasteiger partial charge on any atom is -0.464 e. The normalized spacial score (nSPS) is 18.1. The van der Waals surface area contributed by atoms with E-state index in [-0.39, 0.29) is 117 Å². The number of carbonyl (C=O) groups is 8. The molecule has 6 amide bonds. The minimum atomic E-state index is -1.01. The second-order valence-electron chi connectivity index (χ2n) is 31.1. The van der Waals surface area contributed by atoms with Gasteiger partial charge >= 0.3 is 11.9 Å². The van der Waals surface area contributed by atoms with E-state index in [0.29, 0.717) is 63.3 Å². The molecule has 1 aliphatic rings. The number of hydrogen-bond donors (Lipinski definition) is 5. The van der Waals surface area contributed by atoms with E-state index < -0.39 is 95.5 Å². The van der Waals surface area contributed by atoms with Crippen molar-refractivity contribution in [3.8, 4) is 0 Å². The number of rotatable bonds is 42. The Hall–Kier alpha value is -5.22. The standard InChI is InChI=1S/C74H130N6O15/c1-24-49(9)64(79(21)70(88)63(48(7)8)78-68(86)55(47(5)6)39-50(10)46(3)4)58(90-22)42-60(83)80-37-29-33-57(80)65(91-23)51(11)67(85)76-56(40-53-31-27-26-28-32-53)69(87)75-36-30-38-92-71(89)66(73(15,16)17)77-59(82)35-34-52(25-2)41-61(84)93-45-62(95-74(18,19)20)94-54(44-81)43-72(12,13)14/h26-28,31-32,46-52,54-58,62-66,81H,24-25,29-30,33-45H2,1-23H3,(H,75,87)(H,76,85)(H,77,82)(H,78,86). The quantitative estimate of drug-likeness (QED) is 0.0232. The molecule has 0 bridgehead atoms. The van der Waals surface area contributed by atoms with Gasteiger partial charge in [0.1, 0.15) is 24.7 Å². The van der Waals surface area contributed by atoms with Crippen LogP contribution >= 0.6 is 0 Å². The Morgan fingerprint density at radius 2 is 1.39 bits per heavy atom. The average molecular weight is 1340 g/mol. The number of hydrogen-bond acceptors (Lipinski definition) is 15. The lowest BCUT2D eigenvalue weighted by atomic mass is 9.81. The lowest BCUT2D eigenvalue weighted by Crippen LogP contribution is -2.58. The van der Waals surface area contributed by atoms with Crippen molar-refractivity contribution in [1.82, 2.24) is 31.1 Å². The summed E-state index contributed by atoms with van der Waals surface area (Å²) < 4.78 is 35.7. The lowest BCUT2D eigenvalue weighted by molar-refractivity contribution is -0.241. The Morgan fingerprint density at radius 3 is 1.92 bits per heavy atom. The fourth-order valence-corrected chi connectivity index (χ4v) is 12.3. The first kappa shape index (κ1) is 85.9. The summed E-state index contributed by atoms with van der Waals surface area (Å²) in [5, 5.41) is 21.9. The zero-order valence-corrected chi connectivity index (χ0v) is 62.8. The Kier molecular flexibility index (Phi) is 37.3. The van der Waals surface area contributed by atoms with Gasteiger partial charge in [0, 0.05) is 59.5 Å². The van der Waals surface area contributed by atoms with Crippen molar-refractivity contribution >= 4 is 47.4 Å². The van der Waals surface area contributed by atoms with Gasteiger partial charge in [0.05, 0.1) is 61.5 Å². The Bertz CT molecular complexity index is 2490. The average Bonchev–Trinajstić information content (AvgIpc) is 1.76. The fraction of sp³-hybridized carbons (Fsp3) is 0.811. The van der Waals surface area contributed by atoms with Gasteiger partial charge in [-0.15, -0.1) is 0 Å². The number of aliphatic hydroxyl groups excluding tert-OH is 1. The number of nitrogens with one attached hydrogen (secondary N) is 4. The molecule has 2 rings (SSSR count). The second-order valence-corrected chi connectivity index (χ2v) is 31.1. The van der Waals surface area contributed by atoms with Crippen LogP contribution in [0.15, 0.2) is 30.3 Å². The summed E-state index contributed by atoms with van der Waals surface area (Å²) in [5.41, 5.74) is -0.652. The van der Waals surface area contributed by atoms with E-state index in [2.05, 4.69) is 42.0 Å². The summed E-state index contributed by atoms with van der Waals surface area (Å²) in [4.78, 5) is 115. The van der Waals surface area contributed by atoms with Gasteiger partial charge in [0.15, 0.2) is 6.29 Å². The highest BCUT2D eigenvalue weighted by Gasteiger charge is 2.44. The van der Waals surface area contributed by atoms with Crippen LogP contribution in [0.1, 0.15) is 215 Å². The van der Waals surface area contributed by atoms with E-state index in [1.54, 1.807) is 30.9 Å². The summed E-state index contributed by atoms with van der Waals surface area (Å²) in [6.45, 7) is 39.3. The lowest BCUT2D eigenvalue weighted by Gasteiger charge is -2.41. The van der Waals surface area contributed by atoms with Gasteiger partial charge in [-0.1, -0.05) is 161 Å². The molecule has 0 spiro atoms. The van der Waals surface area contributed by atoms with Crippen molar-refractivity contribution in [3.05, 3.63) is 35.9 Å². The third-order valence-electron chi connectivity index (χ3n) is 18.6. The molecule has 1 aliphatic heterocycles. The van der Waals surface area contributed by atoms with Gasteiger partial charge in [-0.05, 0) is 111 Å². The maximum atomic E-state index is 14.7. The number of methoxy groups -OCH3 is 2. The van der Waals surface area contributed by atoms with Crippen LogP contribution in [0.25, 0.3) is 0 Å². The summed E-state index contributed by atoms with van der Waals surface area (Å²) in [6, 6.07) is 5.47. The number of esters is 2. The number of amides is 6. The van der Waals surface area contributed by atoms with E-state index in [0.717, 1.165) is 5.56 Å². The van der Waals surface area contributed by atoms with Crippen molar-refractivity contribution in [2.75, 3.05) is 54.2 Å². The Labute approximate surface area is 572 Å².